The molecule has 0 bridgehead atoms. The third kappa shape index (κ3) is 3.21. The summed E-state index contributed by atoms with van der Waals surface area (Å²) in [4.78, 5) is 13.6. The summed E-state index contributed by atoms with van der Waals surface area (Å²) in [6.45, 7) is 0.724. The van der Waals surface area contributed by atoms with Gasteiger partial charge in [-0.25, -0.2) is 9.97 Å². The van der Waals surface area contributed by atoms with Gasteiger partial charge in [-0.3, -0.25) is 4.98 Å². The molecule has 0 atom stereocenters. The smallest absolute Gasteiger partial charge is 0.180 e. The first kappa shape index (κ1) is 16.1. The molecular weight excluding hydrogens is 326 g/mol. The molecule has 0 amide bonds. The maximum absolute atomic E-state index is 5.48. The van der Waals surface area contributed by atoms with Crippen LogP contribution in [0.2, 0.25) is 0 Å². The van der Waals surface area contributed by atoms with Crippen LogP contribution in [-0.4, -0.2) is 33.0 Å². The molecule has 0 unspecified atom stereocenters. The molecule has 4 rings (SSSR count). The van der Waals surface area contributed by atoms with Crippen molar-refractivity contribution in [2.75, 3.05) is 19.0 Å². The molecule has 0 saturated heterocycles. The monoisotopic (exact) mass is 345 g/mol. The van der Waals surface area contributed by atoms with Gasteiger partial charge in [0.05, 0.1) is 12.8 Å². The molecule has 6 nitrogen and oxygen atoms in total. The number of hydrogen-bond donors (Lipinski definition) is 1. The Morgan fingerprint density at radius 1 is 1.04 bits per heavy atom. The first-order chi connectivity index (χ1) is 12.8. The van der Waals surface area contributed by atoms with E-state index in [1.165, 1.54) is 0 Å². The second-order valence-corrected chi connectivity index (χ2v) is 5.83. The molecule has 3 aromatic heterocycles. The van der Waals surface area contributed by atoms with Gasteiger partial charge < -0.3 is 14.5 Å². The number of ether oxygens (including phenoxy) is 1. The lowest BCUT2D eigenvalue weighted by Crippen LogP contribution is -2.09. The molecule has 6 heteroatoms. The number of pyridine rings is 1. The third-order valence-electron chi connectivity index (χ3n) is 4.16. The molecule has 1 aromatic carbocycles. The zero-order valence-corrected chi connectivity index (χ0v) is 14.5. The van der Waals surface area contributed by atoms with Crippen LogP contribution in [0.15, 0.2) is 67.3 Å². The van der Waals surface area contributed by atoms with Crippen molar-refractivity contribution >= 4 is 11.5 Å². The number of rotatable bonds is 6. The predicted octanol–water partition coefficient (Wildman–Crippen LogP) is 3.45. The van der Waals surface area contributed by atoms with Crippen LogP contribution in [0.1, 0.15) is 5.69 Å². The molecule has 0 aliphatic heterocycles. The summed E-state index contributed by atoms with van der Waals surface area (Å²) in [6, 6.07) is 13.8. The van der Waals surface area contributed by atoms with Gasteiger partial charge in [0, 0.05) is 49.0 Å². The molecule has 0 spiro atoms. The quantitative estimate of drug-likeness (QED) is 0.580. The largest absolute Gasteiger partial charge is 0.496 e. The van der Waals surface area contributed by atoms with E-state index in [9.17, 15) is 0 Å². The van der Waals surface area contributed by atoms with E-state index >= 15 is 0 Å². The number of nitrogens with one attached hydrogen (secondary N) is 1. The van der Waals surface area contributed by atoms with Crippen molar-refractivity contribution in [2.24, 2.45) is 0 Å². The Morgan fingerprint density at radius 2 is 1.92 bits per heavy atom. The first-order valence-corrected chi connectivity index (χ1v) is 8.46. The lowest BCUT2D eigenvalue weighted by Gasteiger charge is -2.12. The van der Waals surface area contributed by atoms with E-state index < -0.39 is 0 Å². The standard InChI is InChI=1S/C20H19N5O/c1-26-18-8-3-2-7-16(18)17-14-25-13-12-23-20(25)19(24-17)22-11-9-15-6-4-5-10-21-15/h2-8,10,12-14H,9,11H2,1H3,(H,22,24). The van der Waals surface area contributed by atoms with Gasteiger partial charge in [0.1, 0.15) is 5.75 Å². The Bertz CT molecular complexity index is 1010. The maximum atomic E-state index is 5.48. The highest BCUT2D eigenvalue weighted by Crippen LogP contribution is 2.29. The van der Waals surface area contributed by atoms with Crippen LogP contribution >= 0.6 is 0 Å². The molecule has 0 aliphatic carbocycles. The van der Waals surface area contributed by atoms with Crippen LogP contribution in [0.5, 0.6) is 5.75 Å². The lowest BCUT2D eigenvalue weighted by molar-refractivity contribution is 0.416. The van der Waals surface area contributed by atoms with Crippen molar-refractivity contribution in [1.82, 2.24) is 19.4 Å². The van der Waals surface area contributed by atoms with E-state index in [1.54, 1.807) is 13.3 Å². The van der Waals surface area contributed by atoms with E-state index in [1.807, 2.05) is 65.5 Å². The molecule has 0 radical (unpaired) electrons. The van der Waals surface area contributed by atoms with Crippen LogP contribution in [0, 0.1) is 0 Å². The molecule has 0 aliphatic rings. The summed E-state index contributed by atoms with van der Waals surface area (Å²) in [5.74, 6) is 1.54. The third-order valence-corrected chi connectivity index (χ3v) is 4.16. The number of nitrogens with zero attached hydrogens (tertiary/aromatic N) is 4. The van der Waals surface area contributed by atoms with Gasteiger partial charge in [-0.1, -0.05) is 18.2 Å². The summed E-state index contributed by atoms with van der Waals surface area (Å²) in [6.07, 6.45) is 8.27. The number of anilines is 1. The molecular formula is C20H19N5O. The molecule has 130 valence electrons. The van der Waals surface area contributed by atoms with E-state index in [0.29, 0.717) is 0 Å². The van der Waals surface area contributed by atoms with Gasteiger partial charge in [0.2, 0.25) is 0 Å². The van der Waals surface area contributed by atoms with Crippen LogP contribution < -0.4 is 10.1 Å². The minimum absolute atomic E-state index is 0.724. The Kier molecular flexibility index (Phi) is 4.47. The normalized spacial score (nSPS) is 10.8. The fourth-order valence-corrected chi connectivity index (χ4v) is 2.89. The molecule has 0 saturated carbocycles. The minimum atomic E-state index is 0.724. The summed E-state index contributed by atoms with van der Waals surface area (Å²) >= 11 is 0. The van der Waals surface area contributed by atoms with Crippen molar-refractivity contribution in [3.05, 3.63) is 72.9 Å². The van der Waals surface area contributed by atoms with E-state index in [4.69, 9.17) is 9.72 Å². The molecule has 4 aromatic rings. The SMILES string of the molecule is COc1ccccc1-c1cn2ccnc2c(NCCc2ccccn2)n1. The Balaban J connectivity index is 1.64. The number of fused-ring (bicyclic) bond motifs is 1. The maximum Gasteiger partial charge on any atom is 0.180 e. The van der Waals surface area contributed by atoms with E-state index in [-0.39, 0.29) is 0 Å². The highest BCUT2D eigenvalue weighted by Gasteiger charge is 2.12. The van der Waals surface area contributed by atoms with Gasteiger partial charge in [0.25, 0.3) is 0 Å². The average Bonchev–Trinajstić information content (AvgIpc) is 3.17. The topological polar surface area (TPSA) is 64.3 Å². The number of para-hydroxylation sites is 1. The summed E-state index contributed by atoms with van der Waals surface area (Å²) in [5, 5.41) is 3.39. The average molecular weight is 345 g/mol. The number of imidazole rings is 1. The second-order valence-electron chi connectivity index (χ2n) is 5.83. The van der Waals surface area contributed by atoms with Crippen molar-refractivity contribution < 1.29 is 4.74 Å². The molecule has 3 heterocycles. The zero-order valence-electron chi connectivity index (χ0n) is 14.5. The lowest BCUT2D eigenvalue weighted by atomic mass is 10.1. The summed E-state index contributed by atoms with van der Waals surface area (Å²) < 4.78 is 7.45. The molecule has 26 heavy (non-hydrogen) atoms. The van der Waals surface area contributed by atoms with Crippen molar-refractivity contribution in [3.8, 4) is 17.0 Å². The Labute approximate surface area is 151 Å². The first-order valence-electron chi connectivity index (χ1n) is 8.46. The van der Waals surface area contributed by atoms with Crippen LogP contribution in [0.3, 0.4) is 0 Å². The highest BCUT2D eigenvalue weighted by molar-refractivity contribution is 5.72. The minimum Gasteiger partial charge on any atom is -0.496 e. The van der Waals surface area contributed by atoms with E-state index in [2.05, 4.69) is 15.3 Å². The number of aromatic nitrogens is 4. The van der Waals surface area contributed by atoms with Gasteiger partial charge in [-0.05, 0) is 24.3 Å². The Morgan fingerprint density at radius 3 is 2.77 bits per heavy atom. The second kappa shape index (κ2) is 7.23. The fourth-order valence-electron chi connectivity index (χ4n) is 2.89. The van der Waals surface area contributed by atoms with E-state index in [0.717, 1.165) is 47.1 Å². The van der Waals surface area contributed by atoms with Crippen LogP contribution in [0.4, 0.5) is 5.82 Å². The van der Waals surface area contributed by atoms with Crippen molar-refractivity contribution in [1.29, 1.82) is 0 Å². The highest BCUT2D eigenvalue weighted by atomic mass is 16.5. The van der Waals surface area contributed by atoms with Crippen molar-refractivity contribution in [3.63, 3.8) is 0 Å². The predicted molar refractivity (Wildman–Crippen MR) is 101 cm³/mol. The number of methoxy groups -OCH3 is 1. The van der Waals surface area contributed by atoms with Crippen LogP contribution in [-0.2, 0) is 6.42 Å². The van der Waals surface area contributed by atoms with Crippen LogP contribution in [0.25, 0.3) is 16.9 Å². The molecule has 1 N–H and O–H groups in total. The number of benzene rings is 1. The van der Waals surface area contributed by atoms with Gasteiger partial charge >= 0.3 is 0 Å². The van der Waals surface area contributed by atoms with Crippen molar-refractivity contribution in [2.45, 2.75) is 6.42 Å². The van der Waals surface area contributed by atoms with Gasteiger partial charge in [-0.15, -0.1) is 0 Å². The van der Waals surface area contributed by atoms with Gasteiger partial charge in [-0.2, -0.15) is 0 Å². The summed E-state index contributed by atoms with van der Waals surface area (Å²) in [7, 11) is 1.67. The summed E-state index contributed by atoms with van der Waals surface area (Å²) in [5.41, 5.74) is 3.61. The van der Waals surface area contributed by atoms with Gasteiger partial charge in [0.15, 0.2) is 11.5 Å². The zero-order chi connectivity index (χ0) is 17.8. The number of hydrogen-bond acceptors (Lipinski definition) is 5. The Hall–Kier alpha value is -3.41. The molecule has 0 fully saturated rings. The fraction of sp³-hybridized carbons (Fsp3) is 0.150.